The molecule has 2 saturated carbocycles. The lowest BCUT2D eigenvalue weighted by atomic mass is 9.51. The number of amides is 2. The Morgan fingerprint density at radius 1 is 1.12 bits per heavy atom. The quantitative estimate of drug-likeness (QED) is 0.701. The van der Waals surface area contributed by atoms with E-state index in [4.69, 9.17) is 0 Å². The third-order valence-corrected chi connectivity index (χ3v) is 9.14. The number of fused-ring (bicyclic) bond motifs is 1. The molecule has 1 saturated heterocycles. The van der Waals surface area contributed by atoms with Gasteiger partial charge in [0.2, 0.25) is 11.8 Å². The van der Waals surface area contributed by atoms with Crippen molar-refractivity contribution in [1.82, 2.24) is 10.2 Å². The number of benzene rings is 1. The molecule has 7 atom stereocenters. The maximum absolute atomic E-state index is 13.2. The van der Waals surface area contributed by atoms with Gasteiger partial charge >= 0.3 is 0 Å². The molecule has 5 nitrogen and oxygen atoms in total. The lowest BCUT2D eigenvalue weighted by Crippen LogP contribution is -2.58. The van der Waals surface area contributed by atoms with Crippen LogP contribution in [-0.2, 0) is 16.0 Å². The zero-order chi connectivity index (χ0) is 23.6. The van der Waals surface area contributed by atoms with Crippen LogP contribution in [0.2, 0.25) is 0 Å². The van der Waals surface area contributed by atoms with Gasteiger partial charge in [-0.25, -0.2) is 0 Å². The molecule has 182 valence electrons. The van der Waals surface area contributed by atoms with E-state index in [9.17, 15) is 14.7 Å². The average molecular weight is 455 g/mol. The van der Waals surface area contributed by atoms with Gasteiger partial charge in [0.25, 0.3) is 0 Å². The van der Waals surface area contributed by atoms with E-state index in [1.165, 1.54) is 6.42 Å². The van der Waals surface area contributed by atoms with Gasteiger partial charge in [0.05, 0.1) is 12.5 Å². The van der Waals surface area contributed by atoms with Gasteiger partial charge in [0.15, 0.2) is 0 Å². The Bertz CT molecular complexity index is 822. The van der Waals surface area contributed by atoms with Gasteiger partial charge in [0.1, 0.15) is 0 Å². The number of nitrogens with one attached hydrogen (secondary N) is 1. The van der Waals surface area contributed by atoms with Gasteiger partial charge < -0.3 is 15.3 Å². The lowest BCUT2D eigenvalue weighted by Gasteiger charge is -2.56. The van der Waals surface area contributed by atoms with Crippen LogP contribution < -0.4 is 5.32 Å². The maximum Gasteiger partial charge on any atom is 0.225 e. The highest BCUT2D eigenvalue weighted by atomic mass is 16.3. The molecule has 2 amide bonds. The predicted molar refractivity (Wildman–Crippen MR) is 130 cm³/mol. The number of piperidine rings is 1. The van der Waals surface area contributed by atoms with Crippen LogP contribution in [0.4, 0.5) is 0 Å². The second kappa shape index (κ2) is 10.2. The summed E-state index contributed by atoms with van der Waals surface area (Å²) >= 11 is 0. The van der Waals surface area contributed by atoms with Gasteiger partial charge in [-0.1, -0.05) is 51.1 Å². The number of likely N-dealkylation sites (tertiary alicyclic amines) is 1. The van der Waals surface area contributed by atoms with Gasteiger partial charge in [0, 0.05) is 25.0 Å². The highest BCUT2D eigenvalue weighted by molar-refractivity contribution is 5.79. The summed E-state index contributed by atoms with van der Waals surface area (Å²) in [5, 5.41) is 14.9. The van der Waals surface area contributed by atoms with Crippen LogP contribution in [0.1, 0.15) is 71.3 Å². The second-order valence-electron chi connectivity index (χ2n) is 11.3. The fraction of sp³-hybridized carbons (Fsp3) is 0.714. The van der Waals surface area contributed by atoms with Crippen molar-refractivity contribution in [2.24, 2.45) is 29.1 Å². The monoisotopic (exact) mass is 454 g/mol. The first kappa shape index (κ1) is 24.3. The molecule has 1 aromatic rings. The number of hydrogen-bond donors (Lipinski definition) is 2. The summed E-state index contributed by atoms with van der Waals surface area (Å²) < 4.78 is 0. The molecule has 0 radical (unpaired) electrons. The minimum atomic E-state index is -0.503. The van der Waals surface area contributed by atoms with Crippen LogP contribution in [0.3, 0.4) is 0 Å². The number of carbonyl (C=O) groups is 2. The normalized spacial score (nSPS) is 35.4. The van der Waals surface area contributed by atoms with Crippen LogP contribution in [0.15, 0.2) is 30.3 Å². The Kier molecular flexibility index (Phi) is 7.47. The molecule has 0 bridgehead atoms. The molecule has 1 aliphatic heterocycles. The molecule has 33 heavy (non-hydrogen) atoms. The van der Waals surface area contributed by atoms with Crippen LogP contribution in [0, 0.1) is 29.1 Å². The smallest absolute Gasteiger partial charge is 0.225 e. The van der Waals surface area contributed by atoms with Gasteiger partial charge in [-0.15, -0.1) is 0 Å². The second-order valence-corrected chi connectivity index (χ2v) is 11.3. The Balaban J connectivity index is 1.43. The molecule has 0 aromatic heterocycles. The largest absolute Gasteiger partial charge is 0.392 e. The SMILES string of the molecule is C[C@@H]1[C@@H]2[C@@H](O)[C@H]([C@H](C)C(=O)N3CCCCC3)CC[C@]2(C)CC[C@@H]1NC(=O)Cc1ccccc1. The lowest BCUT2D eigenvalue weighted by molar-refractivity contribution is -0.151. The van der Waals surface area contributed by atoms with E-state index < -0.39 is 6.10 Å². The number of rotatable bonds is 5. The van der Waals surface area contributed by atoms with E-state index in [-0.39, 0.29) is 46.9 Å². The van der Waals surface area contributed by atoms with Crippen molar-refractivity contribution in [2.75, 3.05) is 13.1 Å². The van der Waals surface area contributed by atoms with Crippen molar-refractivity contribution in [2.45, 2.75) is 84.3 Å². The Labute approximate surface area is 199 Å². The number of aliphatic hydroxyl groups is 1. The van der Waals surface area contributed by atoms with Crippen molar-refractivity contribution in [1.29, 1.82) is 0 Å². The fourth-order valence-corrected chi connectivity index (χ4v) is 7.12. The first-order chi connectivity index (χ1) is 15.8. The summed E-state index contributed by atoms with van der Waals surface area (Å²) in [5.74, 6) is 0.402. The first-order valence-corrected chi connectivity index (χ1v) is 13.1. The number of carbonyl (C=O) groups excluding carboxylic acids is 2. The molecule has 0 spiro atoms. The summed E-state index contributed by atoms with van der Waals surface area (Å²) in [6, 6.07) is 9.92. The predicted octanol–water partition coefficient (Wildman–Crippen LogP) is 4.19. The van der Waals surface area contributed by atoms with Gasteiger partial charge in [-0.2, -0.15) is 0 Å². The molecule has 5 heteroatoms. The van der Waals surface area contributed by atoms with E-state index in [0.29, 0.717) is 6.42 Å². The minimum Gasteiger partial charge on any atom is -0.392 e. The number of aliphatic hydroxyl groups excluding tert-OH is 1. The van der Waals surface area contributed by atoms with Crippen molar-refractivity contribution >= 4 is 11.8 Å². The fourth-order valence-electron chi connectivity index (χ4n) is 7.12. The van der Waals surface area contributed by atoms with E-state index in [0.717, 1.165) is 57.2 Å². The highest BCUT2D eigenvalue weighted by Crippen LogP contribution is 2.55. The summed E-state index contributed by atoms with van der Waals surface area (Å²) in [5.41, 5.74) is 1.09. The minimum absolute atomic E-state index is 0.00118. The van der Waals surface area contributed by atoms with E-state index >= 15 is 0 Å². The summed E-state index contributed by atoms with van der Waals surface area (Å²) in [6.45, 7) is 8.25. The molecule has 0 unspecified atom stereocenters. The summed E-state index contributed by atoms with van der Waals surface area (Å²) in [4.78, 5) is 28.0. The van der Waals surface area contributed by atoms with Crippen molar-refractivity contribution < 1.29 is 14.7 Å². The summed E-state index contributed by atoms with van der Waals surface area (Å²) in [6.07, 6.45) is 7.19. The molecule has 3 aliphatic rings. The van der Waals surface area contributed by atoms with Crippen molar-refractivity contribution in [3.8, 4) is 0 Å². The third-order valence-electron chi connectivity index (χ3n) is 9.14. The van der Waals surface area contributed by atoms with E-state index in [1.807, 2.05) is 42.2 Å². The average Bonchev–Trinajstić information content (AvgIpc) is 2.81. The number of nitrogens with zero attached hydrogens (tertiary/aromatic N) is 1. The Morgan fingerprint density at radius 3 is 2.48 bits per heavy atom. The van der Waals surface area contributed by atoms with Crippen LogP contribution in [-0.4, -0.2) is 47.1 Å². The molecule has 1 aromatic carbocycles. The zero-order valence-corrected chi connectivity index (χ0v) is 20.6. The highest BCUT2D eigenvalue weighted by Gasteiger charge is 2.54. The van der Waals surface area contributed by atoms with Crippen LogP contribution in [0.25, 0.3) is 0 Å². The Morgan fingerprint density at radius 2 is 1.79 bits per heavy atom. The van der Waals surface area contributed by atoms with Crippen molar-refractivity contribution in [3.63, 3.8) is 0 Å². The first-order valence-electron chi connectivity index (χ1n) is 13.1. The third kappa shape index (κ3) is 5.13. The van der Waals surface area contributed by atoms with Gasteiger partial charge in [-0.05, 0) is 73.7 Å². The molecule has 2 aliphatic carbocycles. The summed E-state index contributed by atoms with van der Waals surface area (Å²) in [7, 11) is 0. The Hall–Kier alpha value is -1.88. The number of hydrogen-bond acceptors (Lipinski definition) is 3. The maximum atomic E-state index is 13.2. The molecular formula is C28H42N2O3. The van der Waals surface area contributed by atoms with Gasteiger partial charge in [-0.3, -0.25) is 9.59 Å². The molecular weight excluding hydrogens is 412 g/mol. The van der Waals surface area contributed by atoms with Crippen LogP contribution in [0.5, 0.6) is 0 Å². The van der Waals surface area contributed by atoms with Crippen molar-refractivity contribution in [3.05, 3.63) is 35.9 Å². The molecule has 4 rings (SSSR count). The van der Waals surface area contributed by atoms with E-state index in [2.05, 4.69) is 19.2 Å². The van der Waals surface area contributed by atoms with E-state index in [1.54, 1.807) is 0 Å². The standard InChI is InChI=1S/C28H42N2O3/c1-19(27(33)30-16-8-5-9-17-30)22-12-14-28(3)15-13-23(20(2)25(28)26(22)32)29-24(31)18-21-10-6-4-7-11-21/h4,6-7,10-11,19-20,22-23,25-26,32H,5,8-9,12-18H2,1-3H3,(H,29,31)/t19-,20-,22-,23-,25+,26-,28+/m0/s1. The topological polar surface area (TPSA) is 69.6 Å². The molecule has 3 fully saturated rings. The molecule has 1 heterocycles. The molecule has 2 N–H and O–H groups in total. The van der Waals surface area contributed by atoms with Crippen LogP contribution >= 0.6 is 0 Å². The zero-order valence-electron chi connectivity index (χ0n) is 20.6.